The van der Waals surface area contributed by atoms with E-state index < -0.39 is 0 Å². The Hall–Kier alpha value is -0.610. The maximum atomic E-state index is 11.7. The van der Waals surface area contributed by atoms with E-state index in [0.717, 1.165) is 19.6 Å². The van der Waals surface area contributed by atoms with Gasteiger partial charge in [-0.25, -0.2) is 0 Å². The Morgan fingerprint density at radius 1 is 1.28 bits per heavy atom. The normalized spacial score (nSPS) is 21.6. The molecule has 4 nitrogen and oxygen atoms in total. The van der Waals surface area contributed by atoms with Crippen molar-refractivity contribution in [1.29, 1.82) is 0 Å². The van der Waals surface area contributed by atoms with E-state index in [1.165, 1.54) is 12.8 Å². The molecule has 1 saturated heterocycles. The van der Waals surface area contributed by atoms with Gasteiger partial charge in [-0.3, -0.25) is 9.69 Å². The summed E-state index contributed by atoms with van der Waals surface area (Å²) in [6.07, 6.45) is 2.49. The van der Waals surface area contributed by atoms with Crippen molar-refractivity contribution in [3.8, 4) is 0 Å². The van der Waals surface area contributed by atoms with Gasteiger partial charge in [-0.05, 0) is 45.7 Å². The summed E-state index contributed by atoms with van der Waals surface area (Å²) in [5, 5.41) is 6.45. The summed E-state index contributed by atoms with van der Waals surface area (Å²) in [7, 11) is 0. The molecule has 2 N–H and O–H groups in total. The molecule has 0 bridgehead atoms. The van der Waals surface area contributed by atoms with Crippen LogP contribution in [0.1, 0.15) is 40.5 Å². The molecule has 0 saturated carbocycles. The number of carbonyl (C=O) groups excluding carboxylic acids is 1. The minimum absolute atomic E-state index is 0.155. The number of carbonyl (C=O) groups is 1. The first-order chi connectivity index (χ1) is 8.47. The second-order valence-corrected chi connectivity index (χ2v) is 6.03. The molecule has 0 aromatic carbocycles. The Kier molecular flexibility index (Phi) is 6.65. The van der Waals surface area contributed by atoms with Crippen molar-refractivity contribution in [2.45, 2.75) is 52.6 Å². The maximum Gasteiger partial charge on any atom is 0.234 e. The molecule has 106 valence electrons. The third-order valence-corrected chi connectivity index (χ3v) is 3.23. The van der Waals surface area contributed by atoms with Crippen LogP contribution in [0.15, 0.2) is 0 Å². The Bertz CT molecular complexity index is 253. The van der Waals surface area contributed by atoms with E-state index in [4.69, 9.17) is 0 Å². The lowest BCUT2D eigenvalue weighted by Gasteiger charge is -2.33. The topological polar surface area (TPSA) is 44.4 Å². The van der Waals surface area contributed by atoms with Crippen molar-refractivity contribution in [3.63, 3.8) is 0 Å². The molecule has 1 unspecified atom stereocenters. The van der Waals surface area contributed by atoms with Crippen molar-refractivity contribution in [2.24, 2.45) is 5.92 Å². The number of nitrogens with zero attached hydrogens (tertiary/aromatic N) is 1. The third-order valence-electron chi connectivity index (χ3n) is 3.23. The molecule has 1 rings (SSSR count). The highest BCUT2D eigenvalue weighted by Gasteiger charge is 2.21. The quantitative estimate of drug-likeness (QED) is 0.750. The van der Waals surface area contributed by atoms with Crippen LogP contribution in [-0.4, -0.2) is 49.1 Å². The summed E-state index contributed by atoms with van der Waals surface area (Å²) in [4.78, 5) is 14.0. The van der Waals surface area contributed by atoms with Gasteiger partial charge in [0.2, 0.25) is 5.91 Å². The summed E-state index contributed by atoms with van der Waals surface area (Å²) in [5.74, 6) is 0.843. The zero-order chi connectivity index (χ0) is 13.5. The molecule has 1 heterocycles. The van der Waals surface area contributed by atoms with Crippen LogP contribution in [0.4, 0.5) is 0 Å². The fraction of sp³-hybridized carbons (Fsp3) is 0.929. The van der Waals surface area contributed by atoms with E-state index >= 15 is 0 Å². The highest BCUT2D eigenvalue weighted by molar-refractivity contribution is 5.78. The first-order valence-corrected chi connectivity index (χ1v) is 7.22. The molecule has 0 spiro atoms. The van der Waals surface area contributed by atoms with E-state index in [-0.39, 0.29) is 11.9 Å². The van der Waals surface area contributed by atoms with Crippen LogP contribution in [-0.2, 0) is 4.79 Å². The molecule has 0 aliphatic carbocycles. The van der Waals surface area contributed by atoms with Gasteiger partial charge >= 0.3 is 0 Å². The number of amides is 1. The van der Waals surface area contributed by atoms with Crippen molar-refractivity contribution in [1.82, 2.24) is 15.5 Å². The Morgan fingerprint density at radius 2 is 2.00 bits per heavy atom. The fourth-order valence-corrected chi connectivity index (χ4v) is 2.43. The molecular weight excluding hydrogens is 226 g/mol. The number of nitrogens with one attached hydrogen (secondary N) is 2. The fourth-order valence-electron chi connectivity index (χ4n) is 2.43. The second kappa shape index (κ2) is 7.74. The van der Waals surface area contributed by atoms with Gasteiger partial charge in [0.05, 0.1) is 6.54 Å². The molecule has 0 aromatic heterocycles. The van der Waals surface area contributed by atoms with Gasteiger partial charge in [0.15, 0.2) is 0 Å². The van der Waals surface area contributed by atoms with Crippen LogP contribution in [0.25, 0.3) is 0 Å². The minimum atomic E-state index is 0.155. The summed E-state index contributed by atoms with van der Waals surface area (Å²) in [5.41, 5.74) is 0. The molecule has 0 radical (unpaired) electrons. The van der Waals surface area contributed by atoms with Gasteiger partial charge in [0.25, 0.3) is 0 Å². The number of hydrogen-bond acceptors (Lipinski definition) is 3. The average molecular weight is 255 g/mol. The second-order valence-electron chi connectivity index (χ2n) is 6.03. The summed E-state index contributed by atoms with van der Waals surface area (Å²) < 4.78 is 0. The van der Waals surface area contributed by atoms with E-state index in [1.807, 2.05) is 13.8 Å². The van der Waals surface area contributed by atoms with Crippen LogP contribution >= 0.6 is 0 Å². The van der Waals surface area contributed by atoms with Gasteiger partial charge in [0, 0.05) is 18.6 Å². The maximum absolute atomic E-state index is 11.7. The molecule has 0 aromatic rings. The summed E-state index contributed by atoms with van der Waals surface area (Å²) >= 11 is 0. The van der Waals surface area contributed by atoms with Crippen molar-refractivity contribution >= 4 is 5.91 Å². The molecule has 1 amide bonds. The Morgan fingerprint density at radius 3 is 2.61 bits per heavy atom. The molecule has 1 aliphatic heterocycles. The first-order valence-electron chi connectivity index (χ1n) is 7.22. The van der Waals surface area contributed by atoms with Crippen LogP contribution in [0, 0.1) is 5.92 Å². The molecule has 1 atom stereocenters. The zero-order valence-electron chi connectivity index (χ0n) is 12.3. The number of piperidine rings is 1. The smallest absolute Gasteiger partial charge is 0.234 e. The Balaban J connectivity index is 2.28. The van der Waals surface area contributed by atoms with Crippen molar-refractivity contribution < 1.29 is 4.79 Å². The first kappa shape index (κ1) is 15.4. The van der Waals surface area contributed by atoms with Gasteiger partial charge in [-0.1, -0.05) is 13.8 Å². The SMILES string of the molecule is CC(C)NCC1CCCN(CC(=O)NC(C)C)C1. The third kappa shape index (κ3) is 6.36. The standard InChI is InChI=1S/C14H29N3O/c1-11(2)15-8-13-6-5-7-17(9-13)10-14(18)16-12(3)4/h11-13,15H,5-10H2,1-4H3,(H,16,18). The molecule has 18 heavy (non-hydrogen) atoms. The van der Waals surface area contributed by atoms with Crippen LogP contribution in [0.5, 0.6) is 0 Å². The lowest BCUT2D eigenvalue weighted by Crippen LogP contribution is -2.46. The highest BCUT2D eigenvalue weighted by Crippen LogP contribution is 2.15. The number of rotatable bonds is 6. The van der Waals surface area contributed by atoms with E-state index in [0.29, 0.717) is 18.5 Å². The van der Waals surface area contributed by atoms with E-state index in [9.17, 15) is 4.79 Å². The number of hydrogen-bond donors (Lipinski definition) is 2. The number of likely N-dealkylation sites (tertiary alicyclic amines) is 1. The predicted octanol–water partition coefficient (Wildman–Crippen LogP) is 1.22. The molecule has 1 fully saturated rings. The monoisotopic (exact) mass is 255 g/mol. The lowest BCUT2D eigenvalue weighted by molar-refractivity contribution is -0.123. The van der Waals surface area contributed by atoms with Crippen molar-refractivity contribution in [2.75, 3.05) is 26.2 Å². The van der Waals surface area contributed by atoms with Gasteiger partial charge < -0.3 is 10.6 Å². The van der Waals surface area contributed by atoms with Gasteiger partial charge in [-0.2, -0.15) is 0 Å². The van der Waals surface area contributed by atoms with Gasteiger partial charge in [0.1, 0.15) is 0 Å². The molecular formula is C14H29N3O. The van der Waals surface area contributed by atoms with Crippen LogP contribution in [0.2, 0.25) is 0 Å². The van der Waals surface area contributed by atoms with Crippen LogP contribution in [0.3, 0.4) is 0 Å². The highest BCUT2D eigenvalue weighted by atomic mass is 16.2. The summed E-state index contributed by atoms with van der Waals surface area (Å²) in [6.45, 7) is 12.1. The zero-order valence-corrected chi connectivity index (χ0v) is 12.3. The van der Waals surface area contributed by atoms with Crippen LogP contribution < -0.4 is 10.6 Å². The molecule has 1 aliphatic rings. The Labute approximate surface area is 111 Å². The largest absolute Gasteiger partial charge is 0.353 e. The summed E-state index contributed by atoms with van der Waals surface area (Å²) in [6, 6.07) is 0.783. The average Bonchev–Trinajstić information content (AvgIpc) is 2.25. The van der Waals surface area contributed by atoms with E-state index in [1.54, 1.807) is 0 Å². The predicted molar refractivity (Wildman–Crippen MR) is 75.6 cm³/mol. The lowest BCUT2D eigenvalue weighted by atomic mass is 9.97. The van der Waals surface area contributed by atoms with E-state index in [2.05, 4.69) is 29.4 Å². The van der Waals surface area contributed by atoms with Gasteiger partial charge in [-0.15, -0.1) is 0 Å². The van der Waals surface area contributed by atoms with Crippen molar-refractivity contribution in [3.05, 3.63) is 0 Å². The molecule has 4 heteroatoms. The minimum Gasteiger partial charge on any atom is -0.353 e.